The zero-order chi connectivity index (χ0) is 23.5. The normalized spacial score (nSPS) is 14.1. The van der Waals surface area contributed by atoms with E-state index in [1.165, 1.54) is 6.33 Å². The minimum atomic E-state index is -0.431. The van der Waals surface area contributed by atoms with Crippen molar-refractivity contribution >= 4 is 44.6 Å². The quantitative estimate of drug-likeness (QED) is 0.301. The molecule has 0 radical (unpaired) electrons. The van der Waals surface area contributed by atoms with E-state index < -0.39 is 11.0 Å². The van der Waals surface area contributed by atoms with Gasteiger partial charge in [-0.2, -0.15) is 0 Å². The number of aromatic nitrogens is 3. The van der Waals surface area contributed by atoms with Crippen LogP contribution in [0.25, 0.3) is 21.8 Å². The Balaban J connectivity index is 1.30. The third kappa shape index (κ3) is 4.49. The molecule has 0 atom stereocenters. The van der Waals surface area contributed by atoms with Crippen LogP contribution in [0, 0.1) is 0 Å². The van der Waals surface area contributed by atoms with Crippen molar-refractivity contribution in [3.05, 3.63) is 48.9 Å². The molecule has 1 amide bonds. The molecule has 5 rings (SSSR count). The average Bonchev–Trinajstić information content (AvgIpc) is 3.32. The number of H-pyrrole nitrogens is 1. The van der Waals surface area contributed by atoms with Crippen LogP contribution in [-0.2, 0) is 9.59 Å². The molecule has 34 heavy (non-hydrogen) atoms. The highest BCUT2D eigenvalue weighted by Crippen LogP contribution is 2.36. The highest BCUT2D eigenvalue weighted by molar-refractivity contribution is 8.15. The van der Waals surface area contributed by atoms with Crippen LogP contribution in [0.4, 0.5) is 0 Å². The van der Waals surface area contributed by atoms with Crippen LogP contribution >= 0.6 is 11.8 Å². The molecule has 9 nitrogen and oxygen atoms in total. The summed E-state index contributed by atoms with van der Waals surface area (Å²) in [4.78, 5) is 36.9. The number of hydrogen-bond acceptors (Lipinski definition) is 8. The largest absolute Gasteiger partial charge is 0.493 e. The number of methoxy groups -OCH3 is 1. The topological polar surface area (TPSA) is 107 Å². The number of nitrogens with one attached hydrogen (secondary N) is 1. The molecule has 1 saturated heterocycles. The van der Waals surface area contributed by atoms with Gasteiger partial charge in [-0.3, -0.25) is 9.59 Å². The number of amides is 1. The molecule has 10 heteroatoms. The maximum Gasteiger partial charge on any atom is 0.301 e. The summed E-state index contributed by atoms with van der Waals surface area (Å²) in [7, 11) is 1.56. The molecule has 2 aromatic carbocycles. The van der Waals surface area contributed by atoms with Crippen LogP contribution in [0.1, 0.15) is 6.42 Å². The van der Waals surface area contributed by atoms with Gasteiger partial charge < -0.3 is 24.1 Å². The number of rotatable bonds is 8. The molecule has 2 aromatic heterocycles. The Labute approximate surface area is 199 Å². The van der Waals surface area contributed by atoms with E-state index in [-0.39, 0.29) is 0 Å². The van der Waals surface area contributed by atoms with E-state index in [1.807, 2.05) is 30.5 Å². The summed E-state index contributed by atoms with van der Waals surface area (Å²) in [5.41, 5.74) is 1.68. The van der Waals surface area contributed by atoms with Crippen LogP contribution in [0.2, 0.25) is 0 Å². The lowest BCUT2D eigenvalue weighted by atomic mass is 10.2. The minimum Gasteiger partial charge on any atom is -0.493 e. The van der Waals surface area contributed by atoms with Gasteiger partial charge >= 0.3 is 5.91 Å². The molecular formula is C24H22N4O5S. The standard InChI is InChI=1S/C24H22N4O5S/c1-31-20-12-17-19(13-21(20)32-9-2-7-28-8-10-34-24(30)23(28)29)26-14-27-22(17)33-16-3-4-18-15(11-16)5-6-25-18/h3-6,11-14,25H,2,7-10H2,1H3. The smallest absolute Gasteiger partial charge is 0.301 e. The zero-order valence-corrected chi connectivity index (χ0v) is 19.3. The first-order chi connectivity index (χ1) is 16.6. The van der Waals surface area contributed by atoms with Crippen LogP contribution in [0.3, 0.4) is 0 Å². The van der Waals surface area contributed by atoms with E-state index in [4.69, 9.17) is 14.2 Å². The molecule has 0 unspecified atom stereocenters. The van der Waals surface area contributed by atoms with Gasteiger partial charge in [0.25, 0.3) is 5.12 Å². The van der Waals surface area contributed by atoms with Crippen molar-refractivity contribution in [2.75, 3.05) is 32.6 Å². The van der Waals surface area contributed by atoms with Crippen LogP contribution < -0.4 is 14.2 Å². The fraction of sp³-hybridized carbons (Fsp3) is 0.250. The Morgan fingerprint density at radius 1 is 1.12 bits per heavy atom. The first-order valence-electron chi connectivity index (χ1n) is 10.8. The second-order valence-electron chi connectivity index (χ2n) is 7.66. The molecule has 3 heterocycles. The average molecular weight is 479 g/mol. The second-order valence-corrected chi connectivity index (χ2v) is 8.73. The predicted molar refractivity (Wildman–Crippen MR) is 129 cm³/mol. The minimum absolute atomic E-state index is 0.359. The number of thioether (sulfide) groups is 1. The lowest BCUT2D eigenvalue weighted by Crippen LogP contribution is -2.42. The molecule has 1 aliphatic rings. The van der Waals surface area contributed by atoms with Crippen LogP contribution in [-0.4, -0.2) is 63.4 Å². The van der Waals surface area contributed by atoms with Gasteiger partial charge in [-0.05, 0) is 36.8 Å². The van der Waals surface area contributed by atoms with Crippen LogP contribution in [0.5, 0.6) is 23.1 Å². The van der Waals surface area contributed by atoms with E-state index in [1.54, 1.807) is 24.1 Å². The maximum atomic E-state index is 11.9. The third-order valence-corrected chi connectivity index (χ3v) is 6.33. The molecule has 174 valence electrons. The lowest BCUT2D eigenvalue weighted by Gasteiger charge is -2.25. The Morgan fingerprint density at radius 2 is 2.03 bits per heavy atom. The fourth-order valence-corrected chi connectivity index (χ4v) is 4.54. The van der Waals surface area contributed by atoms with Gasteiger partial charge in [0.05, 0.1) is 24.6 Å². The summed E-state index contributed by atoms with van der Waals surface area (Å²) >= 11 is 1.07. The lowest BCUT2D eigenvalue weighted by molar-refractivity contribution is -0.140. The van der Waals surface area contributed by atoms with Crippen LogP contribution in [0.15, 0.2) is 48.9 Å². The van der Waals surface area contributed by atoms with Crippen molar-refractivity contribution in [1.82, 2.24) is 19.9 Å². The number of ether oxygens (including phenoxy) is 3. The molecular weight excluding hydrogens is 456 g/mol. The van der Waals surface area contributed by atoms with Crippen molar-refractivity contribution in [1.29, 1.82) is 0 Å². The van der Waals surface area contributed by atoms with E-state index in [0.717, 1.165) is 22.7 Å². The number of aromatic amines is 1. The Bertz CT molecular complexity index is 1370. The second kappa shape index (κ2) is 9.60. The molecule has 0 aliphatic carbocycles. The highest BCUT2D eigenvalue weighted by Gasteiger charge is 2.26. The molecule has 1 fully saturated rings. The van der Waals surface area contributed by atoms with Gasteiger partial charge in [0.15, 0.2) is 11.5 Å². The summed E-state index contributed by atoms with van der Waals surface area (Å²) in [6.07, 6.45) is 3.91. The van der Waals surface area contributed by atoms with Gasteiger partial charge in [-0.25, -0.2) is 9.97 Å². The molecule has 0 spiro atoms. The van der Waals surface area contributed by atoms with Gasteiger partial charge in [-0.15, -0.1) is 0 Å². The Kier molecular flexibility index (Phi) is 6.22. The Hall–Kier alpha value is -3.79. The highest BCUT2D eigenvalue weighted by atomic mass is 32.2. The first kappa shape index (κ1) is 22.0. The Morgan fingerprint density at radius 3 is 2.91 bits per heavy atom. The summed E-state index contributed by atoms with van der Waals surface area (Å²) in [6.45, 7) is 1.40. The number of carbonyl (C=O) groups is 2. The molecule has 0 saturated carbocycles. The van der Waals surface area contributed by atoms with E-state index in [0.29, 0.717) is 65.9 Å². The first-order valence-corrected chi connectivity index (χ1v) is 11.8. The van der Waals surface area contributed by atoms with Gasteiger partial charge in [0.1, 0.15) is 12.1 Å². The number of fused-ring (bicyclic) bond motifs is 2. The maximum absolute atomic E-state index is 11.9. The van der Waals surface area contributed by atoms with Crippen molar-refractivity contribution in [2.24, 2.45) is 0 Å². The summed E-state index contributed by atoms with van der Waals surface area (Å²) in [5.74, 6) is 2.33. The van der Waals surface area contributed by atoms with Gasteiger partial charge in [0, 0.05) is 42.0 Å². The third-order valence-electron chi connectivity index (χ3n) is 5.51. The summed E-state index contributed by atoms with van der Waals surface area (Å²) < 4.78 is 17.5. The van der Waals surface area contributed by atoms with E-state index in [2.05, 4.69) is 15.0 Å². The summed E-state index contributed by atoms with van der Waals surface area (Å²) in [5, 5.41) is 1.34. The monoisotopic (exact) mass is 478 g/mol. The zero-order valence-electron chi connectivity index (χ0n) is 18.4. The van der Waals surface area contributed by atoms with E-state index in [9.17, 15) is 9.59 Å². The fourth-order valence-electron chi connectivity index (χ4n) is 3.79. The number of benzene rings is 2. The predicted octanol–water partition coefficient (Wildman–Crippen LogP) is 3.78. The molecule has 1 aliphatic heterocycles. The number of nitrogens with zero attached hydrogens (tertiary/aromatic N) is 3. The van der Waals surface area contributed by atoms with Gasteiger partial charge in [-0.1, -0.05) is 11.8 Å². The molecule has 1 N–H and O–H groups in total. The number of hydrogen-bond donors (Lipinski definition) is 1. The van der Waals surface area contributed by atoms with Crippen molar-refractivity contribution in [3.8, 4) is 23.1 Å². The number of carbonyl (C=O) groups excluding carboxylic acids is 2. The summed E-state index contributed by atoms with van der Waals surface area (Å²) in [6, 6.07) is 11.3. The van der Waals surface area contributed by atoms with E-state index >= 15 is 0 Å². The van der Waals surface area contributed by atoms with Crippen molar-refractivity contribution < 1.29 is 23.8 Å². The molecule has 0 bridgehead atoms. The van der Waals surface area contributed by atoms with Gasteiger partial charge in [0.2, 0.25) is 5.88 Å². The van der Waals surface area contributed by atoms with Crippen molar-refractivity contribution in [2.45, 2.75) is 6.42 Å². The van der Waals surface area contributed by atoms with Crippen molar-refractivity contribution in [3.63, 3.8) is 0 Å². The molecule has 4 aromatic rings. The SMILES string of the molecule is COc1cc2c(Oc3ccc4[nH]ccc4c3)ncnc2cc1OCCCN1CCSC(=O)C1=O.